The summed E-state index contributed by atoms with van der Waals surface area (Å²) in [6.45, 7) is 0.317. The molecule has 0 bridgehead atoms. The van der Waals surface area contributed by atoms with Crippen LogP contribution >= 0.6 is 0 Å². The molecule has 1 aromatic rings. The molecule has 19 heavy (non-hydrogen) atoms. The first-order valence-corrected chi connectivity index (χ1v) is 4.86. The molecule has 0 heterocycles. The number of aliphatic hydroxyl groups is 1. The van der Waals surface area contributed by atoms with E-state index in [0.717, 1.165) is 0 Å². The van der Waals surface area contributed by atoms with Gasteiger partial charge in [-0.1, -0.05) is 0 Å². The third-order valence-electron chi connectivity index (χ3n) is 2.53. The number of carbonyl (C=O) groups excluding carboxylic acids is 1. The van der Waals surface area contributed by atoms with Crippen LogP contribution in [0.5, 0.6) is 0 Å². The second-order valence-electron chi connectivity index (χ2n) is 4.03. The van der Waals surface area contributed by atoms with Crippen molar-refractivity contribution in [3.05, 3.63) is 34.9 Å². The maximum atomic E-state index is 12.6. The summed E-state index contributed by atoms with van der Waals surface area (Å²) < 4.78 is 75.2. The van der Waals surface area contributed by atoms with Crippen molar-refractivity contribution >= 4 is 6.29 Å². The monoisotopic (exact) mass is 286 g/mol. The molecule has 0 amide bonds. The molecule has 0 aromatic heterocycles. The molecule has 1 unspecified atom stereocenters. The van der Waals surface area contributed by atoms with Gasteiger partial charge in [0, 0.05) is 5.56 Å². The molecule has 1 atom stereocenters. The number of hydrogen-bond donors (Lipinski definition) is 1. The zero-order valence-electron chi connectivity index (χ0n) is 9.43. The Morgan fingerprint density at radius 3 is 1.84 bits per heavy atom. The van der Waals surface area contributed by atoms with Crippen molar-refractivity contribution in [2.45, 2.75) is 24.9 Å². The van der Waals surface area contributed by atoms with Crippen LogP contribution in [0.25, 0.3) is 0 Å². The van der Waals surface area contributed by atoms with Gasteiger partial charge < -0.3 is 5.11 Å². The first-order chi connectivity index (χ1) is 8.39. The number of rotatable bonds is 2. The summed E-state index contributed by atoms with van der Waals surface area (Å²) in [4.78, 5) is 10.5. The van der Waals surface area contributed by atoms with E-state index in [1.54, 1.807) is 0 Å². The fraction of sp³-hybridized carbons (Fsp3) is 0.364. The highest BCUT2D eigenvalue weighted by atomic mass is 19.4. The number of aldehydes is 1. The van der Waals surface area contributed by atoms with Crippen LogP contribution in [0.4, 0.5) is 26.3 Å². The summed E-state index contributed by atoms with van der Waals surface area (Å²) >= 11 is 0. The van der Waals surface area contributed by atoms with Gasteiger partial charge in [-0.15, -0.1) is 0 Å². The molecule has 8 heteroatoms. The normalized spacial score (nSPS) is 16.0. The molecule has 0 aliphatic carbocycles. The average Bonchev–Trinajstić information content (AvgIpc) is 2.25. The van der Waals surface area contributed by atoms with E-state index in [2.05, 4.69) is 0 Å². The minimum atomic E-state index is -5.17. The average molecular weight is 286 g/mol. The van der Waals surface area contributed by atoms with Gasteiger partial charge in [-0.2, -0.15) is 26.3 Å². The van der Waals surface area contributed by atoms with Gasteiger partial charge in [0.1, 0.15) is 6.29 Å². The van der Waals surface area contributed by atoms with E-state index >= 15 is 0 Å². The van der Waals surface area contributed by atoms with Crippen LogP contribution in [0.1, 0.15) is 28.4 Å². The molecule has 1 aromatic carbocycles. The Morgan fingerprint density at radius 1 is 1.00 bits per heavy atom. The molecule has 0 radical (unpaired) electrons. The first kappa shape index (κ1) is 15.5. The summed E-state index contributed by atoms with van der Waals surface area (Å²) in [5.41, 5.74) is -6.56. The summed E-state index contributed by atoms with van der Waals surface area (Å²) in [7, 11) is 0. The molecule has 1 N–H and O–H groups in total. The standard InChI is InChI=1S/C11H8F6O2/c1-9(19,11(15,16)17)7-2-6(5-18)3-8(4-7)10(12,13)14/h2-5,19H,1H3. The number of benzene rings is 1. The van der Waals surface area contributed by atoms with Gasteiger partial charge in [-0.3, -0.25) is 4.79 Å². The third-order valence-corrected chi connectivity index (χ3v) is 2.53. The first-order valence-electron chi connectivity index (χ1n) is 4.86. The zero-order chi connectivity index (χ0) is 15.1. The maximum absolute atomic E-state index is 12.6. The van der Waals surface area contributed by atoms with Crippen LogP contribution < -0.4 is 0 Å². The summed E-state index contributed by atoms with van der Waals surface area (Å²) in [6.07, 6.45) is -10.1. The molecule has 0 saturated carbocycles. The van der Waals surface area contributed by atoms with Gasteiger partial charge in [0.25, 0.3) is 0 Å². The van der Waals surface area contributed by atoms with Crippen molar-refractivity contribution in [2.24, 2.45) is 0 Å². The van der Waals surface area contributed by atoms with E-state index in [1.165, 1.54) is 0 Å². The van der Waals surface area contributed by atoms with Crippen molar-refractivity contribution < 1.29 is 36.2 Å². The van der Waals surface area contributed by atoms with Crippen molar-refractivity contribution in [1.82, 2.24) is 0 Å². The number of halogens is 6. The second kappa shape index (κ2) is 4.52. The Kier molecular flexibility index (Phi) is 3.68. The van der Waals surface area contributed by atoms with E-state index in [1.807, 2.05) is 0 Å². The minimum absolute atomic E-state index is 0.0226. The second-order valence-corrected chi connectivity index (χ2v) is 4.03. The Morgan fingerprint density at radius 2 is 1.47 bits per heavy atom. The molecule has 106 valence electrons. The molecule has 0 aliphatic heterocycles. The van der Waals surface area contributed by atoms with Crippen LogP contribution in [-0.2, 0) is 11.8 Å². The summed E-state index contributed by atoms with van der Waals surface area (Å²) in [5, 5.41) is 9.32. The molecule has 0 aliphatic rings. The lowest BCUT2D eigenvalue weighted by Gasteiger charge is -2.27. The number of alkyl halides is 6. The van der Waals surface area contributed by atoms with Gasteiger partial charge in [0.2, 0.25) is 0 Å². The van der Waals surface area contributed by atoms with Crippen LogP contribution in [0.15, 0.2) is 18.2 Å². The lowest BCUT2D eigenvalue weighted by molar-refractivity contribution is -0.259. The van der Waals surface area contributed by atoms with E-state index in [-0.39, 0.29) is 12.4 Å². The molecule has 2 nitrogen and oxygen atoms in total. The zero-order valence-corrected chi connectivity index (χ0v) is 9.43. The molecule has 0 fully saturated rings. The SMILES string of the molecule is CC(O)(c1cc(C=O)cc(C(F)(F)F)c1)C(F)(F)F. The van der Waals surface area contributed by atoms with Crippen molar-refractivity contribution in [3.8, 4) is 0 Å². The summed E-state index contributed by atoms with van der Waals surface area (Å²) in [6, 6.07) is 1.14. The number of hydrogen-bond acceptors (Lipinski definition) is 2. The van der Waals surface area contributed by atoms with E-state index in [9.17, 15) is 36.2 Å². The fourth-order valence-electron chi connectivity index (χ4n) is 1.33. The number of carbonyl (C=O) groups is 1. The van der Waals surface area contributed by atoms with Crippen LogP contribution in [-0.4, -0.2) is 17.6 Å². The van der Waals surface area contributed by atoms with E-state index < -0.39 is 34.6 Å². The van der Waals surface area contributed by atoms with Gasteiger partial charge in [0.15, 0.2) is 5.60 Å². The predicted octanol–water partition coefficient (Wildman–Crippen LogP) is 3.29. The van der Waals surface area contributed by atoms with Crippen molar-refractivity contribution in [1.29, 1.82) is 0 Å². The molecule has 0 saturated heterocycles. The molecule has 1 rings (SSSR count). The van der Waals surface area contributed by atoms with Crippen LogP contribution in [0.3, 0.4) is 0 Å². The molecular formula is C11H8F6O2. The molecular weight excluding hydrogens is 278 g/mol. The van der Waals surface area contributed by atoms with Gasteiger partial charge >= 0.3 is 12.4 Å². The molecule has 0 spiro atoms. The maximum Gasteiger partial charge on any atom is 0.421 e. The van der Waals surface area contributed by atoms with Crippen LogP contribution in [0.2, 0.25) is 0 Å². The lowest BCUT2D eigenvalue weighted by atomic mass is 9.92. The van der Waals surface area contributed by atoms with Crippen molar-refractivity contribution in [3.63, 3.8) is 0 Å². The highest BCUT2D eigenvalue weighted by Gasteiger charge is 2.51. The fourth-order valence-corrected chi connectivity index (χ4v) is 1.33. The smallest absolute Gasteiger partial charge is 0.376 e. The van der Waals surface area contributed by atoms with Crippen molar-refractivity contribution in [2.75, 3.05) is 0 Å². The third kappa shape index (κ3) is 3.06. The lowest BCUT2D eigenvalue weighted by Crippen LogP contribution is -2.39. The van der Waals surface area contributed by atoms with E-state index in [4.69, 9.17) is 0 Å². The predicted molar refractivity (Wildman–Crippen MR) is 52.5 cm³/mol. The Balaban J connectivity index is 3.49. The highest BCUT2D eigenvalue weighted by molar-refractivity contribution is 5.75. The van der Waals surface area contributed by atoms with Gasteiger partial charge in [-0.25, -0.2) is 0 Å². The largest absolute Gasteiger partial charge is 0.421 e. The van der Waals surface area contributed by atoms with Crippen LogP contribution in [0, 0.1) is 0 Å². The van der Waals surface area contributed by atoms with E-state index in [0.29, 0.717) is 19.1 Å². The topological polar surface area (TPSA) is 37.3 Å². The minimum Gasteiger partial charge on any atom is -0.376 e. The Hall–Kier alpha value is -1.57. The Bertz CT molecular complexity index is 487. The quantitative estimate of drug-likeness (QED) is 0.669. The van der Waals surface area contributed by atoms with Gasteiger partial charge in [-0.05, 0) is 30.7 Å². The van der Waals surface area contributed by atoms with Gasteiger partial charge in [0.05, 0.1) is 5.56 Å². The Labute approximate surface area is 103 Å². The highest BCUT2D eigenvalue weighted by Crippen LogP contribution is 2.40. The summed E-state index contributed by atoms with van der Waals surface area (Å²) in [5.74, 6) is 0.